The van der Waals surface area contributed by atoms with Crippen molar-refractivity contribution in [3.05, 3.63) is 47.3 Å². The number of hydrogen-bond donors (Lipinski definition) is 4. The largest absolute Gasteiger partial charge is 0.465 e. The number of halogens is 4. The number of aliphatic hydroxyl groups is 1. The summed E-state index contributed by atoms with van der Waals surface area (Å²) in [6.45, 7) is -1.03. The lowest BCUT2D eigenvalue weighted by molar-refractivity contribution is 0.101. The third-order valence-corrected chi connectivity index (χ3v) is 6.23. The van der Waals surface area contributed by atoms with Crippen molar-refractivity contribution in [3.63, 3.8) is 0 Å². The standard InChI is InChI=1S/C19H20F4N4O6S/c1-25-6-14(27(34(32)33)13-7-26(19(30)31)5-9(13)8-28)15(21)16(25)18(29)24-10-2-3-12(20)11(4-10)17(22)23/h2-4,6,9,13,17,28H,5,7-8H2,1H3,(H,24,29)(H,30,31)(H,32,33). The highest BCUT2D eigenvalue weighted by Gasteiger charge is 2.42. The van der Waals surface area contributed by atoms with Crippen LogP contribution in [-0.2, 0) is 18.3 Å². The predicted molar refractivity (Wildman–Crippen MR) is 112 cm³/mol. The van der Waals surface area contributed by atoms with Crippen molar-refractivity contribution in [2.24, 2.45) is 13.0 Å². The number of amides is 2. The molecule has 34 heavy (non-hydrogen) atoms. The molecule has 3 atom stereocenters. The summed E-state index contributed by atoms with van der Waals surface area (Å²) in [5.41, 5.74) is -2.36. The monoisotopic (exact) mass is 508 g/mol. The van der Waals surface area contributed by atoms with E-state index >= 15 is 4.39 Å². The van der Waals surface area contributed by atoms with Crippen LogP contribution in [0.5, 0.6) is 0 Å². The van der Waals surface area contributed by atoms with E-state index in [-0.39, 0.29) is 18.8 Å². The summed E-state index contributed by atoms with van der Waals surface area (Å²) >= 11 is -2.87. The second-order valence-corrected chi connectivity index (χ2v) is 8.39. The molecule has 1 aromatic carbocycles. The van der Waals surface area contributed by atoms with Crippen LogP contribution in [0.2, 0.25) is 0 Å². The first-order chi connectivity index (χ1) is 16.0. The van der Waals surface area contributed by atoms with E-state index in [1.165, 1.54) is 7.05 Å². The SMILES string of the molecule is Cn1cc(N(C2CN(C(=O)O)CC2CO)S(=O)O)c(F)c1C(=O)Nc1ccc(F)c(C(F)F)c1. The summed E-state index contributed by atoms with van der Waals surface area (Å²) < 4.78 is 78.2. The lowest BCUT2D eigenvalue weighted by Crippen LogP contribution is -2.43. The Hall–Kier alpha value is -3.17. The molecule has 1 saturated heterocycles. The highest BCUT2D eigenvalue weighted by atomic mass is 32.2. The summed E-state index contributed by atoms with van der Waals surface area (Å²) in [7, 11) is 1.25. The number of carboxylic acid groups (broad SMARTS) is 1. The molecule has 0 spiro atoms. The fourth-order valence-corrected chi connectivity index (χ4v) is 4.57. The molecule has 186 valence electrons. The Kier molecular flexibility index (Phi) is 7.48. The first kappa shape index (κ1) is 25.5. The van der Waals surface area contributed by atoms with Gasteiger partial charge in [0.2, 0.25) is 0 Å². The molecule has 1 aromatic heterocycles. The smallest absolute Gasteiger partial charge is 0.407 e. The maximum atomic E-state index is 15.3. The van der Waals surface area contributed by atoms with Crippen LogP contribution in [0.25, 0.3) is 0 Å². The fourth-order valence-electron chi connectivity index (χ4n) is 3.81. The molecule has 3 rings (SSSR count). The number of aliphatic hydroxyl groups excluding tert-OH is 1. The van der Waals surface area contributed by atoms with E-state index in [2.05, 4.69) is 5.32 Å². The summed E-state index contributed by atoms with van der Waals surface area (Å²) in [6, 6.07) is 1.31. The molecule has 0 bridgehead atoms. The van der Waals surface area contributed by atoms with Gasteiger partial charge in [-0.1, -0.05) is 0 Å². The van der Waals surface area contributed by atoms with Crippen molar-refractivity contribution in [2.75, 3.05) is 29.3 Å². The molecule has 1 fully saturated rings. The molecule has 3 unspecified atom stereocenters. The summed E-state index contributed by atoms with van der Waals surface area (Å²) in [4.78, 5) is 24.9. The summed E-state index contributed by atoms with van der Waals surface area (Å²) in [6.07, 6.45) is -3.47. The molecule has 10 nitrogen and oxygen atoms in total. The number of alkyl halides is 2. The molecule has 0 saturated carbocycles. The first-order valence-corrected chi connectivity index (χ1v) is 10.7. The lowest BCUT2D eigenvalue weighted by Gasteiger charge is -2.28. The van der Waals surface area contributed by atoms with Gasteiger partial charge in [0.05, 0.1) is 11.6 Å². The van der Waals surface area contributed by atoms with Gasteiger partial charge < -0.3 is 25.0 Å². The van der Waals surface area contributed by atoms with Crippen molar-refractivity contribution in [1.29, 1.82) is 0 Å². The molecule has 1 aliphatic heterocycles. The maximum Gasteiger partial charge on any atom is 0.407 e. The van der Waals surface area contributed by atoms with Crippen LogP contribution in [-0.4, -0.2) is 66.2 Å². The quantitative estimate of drug-likeness (QED) is 0.335. The Balaban J connectivity index is 1.94. The minimum atomic E-state index is -3.15. The van der Waals surface area contributed by atoms with Gasteiger partial charge >= 0.3 is 6.09 Å². The van der Waals surface area contributed by atoms with Crippen LogP contribution in [0.1, 0.15) is 22.5 Å². The zero-order valence-corrected chi connectivity index (χ0v) is 18.3. The zero-order valence-electron chi connectivity index (χ0n) is 17.5. The van der Waals surface area contributed by atoms with Gasteiger partial charge in [0.15, 0.2) is 5.82 Å². The van der Waals surface area contributed by atoms with Gasteiger partial charge in [-0.25, -0.2) is 26.6 Å². The Morgan fingerprint density at radius 1 is 1.29 bits per heavy atom. The minimum Gasteiger partial charge on any atom is -0.465 e. The Morgan fingerprint density at radius 2 is 1.97 bits per heavy atom. The average Bonchev–Trinajstić information content (AvgIpc) is 3.30. The van der Waals surface area contributed by atoms with Crippen LogP contribution in [0.4, 0.5) is 33.7 Å². The molecule has 1 aliphatic rings. The summed E-state index contributed by atoms with van der Waals surface area (Å²) in [5, 5.41) is 21.0. The fraction of sp³-hybridized carbons (Fsp3) is 0.368. The Bertz CT molecular complexity index is 1130. The number of benzene rings is 1. The molecule has 2 aromatic rings. The van der Waals surface area contributed by atoms with E-state index in [9.17, 15) is 41.7 Å². The van der Waals surface area contributed by atoms with E-state index in [0.717, 1.165) is 21.7 Å². The lowest BCUT2D eigenvalue weighted by atomic mass is 10.1. The first-order valence-electron chi connectivity index (χ1n) is 9.68. The van der Waals surface area contributed by atoms with Gasteiger partial charge in [0, 0.05) is 44.5 Å². The molecule has 0 aliphatic carbocycles. The number of aryl methyl sites for hydroxylation is 1. The number of carbonyl (C=O) groups excluding carboxylic acids is 1. The normalized spacial score (nSPS) is 18.9. The van der Waals surface area contributed by atoms with Crippen molar-refractivity contribution < 1.29 is 46.1 Å². The number of carbonyl (C=O) groups is 2. The van der Waals surface area contributed by atoms with Crippen LogP contribution < -0.4 is 9.62 Å². The predicted octanol–water partition coefficient (Wildman–Crippen LogP) is 2.41. The summed E-state index contributed by atoms with van der Waals surface area (Å²) in [5.74, 6) is -4.37. The van der Waals surface area contributed by atoms with Crippen molar-refractivity contribution >= 4 is 34.6 Å². The third-order valence-electron chi connectivity index (χ3n) is 5.42. The molecular weight excluding hydrogens is 488 g/mol. The van der Waals surface area contributed by atoms with E-state index in [1.54, 1.807) is 0 Å². The molecule has 15 heteroatoms. The van der Waals surface area contributed by atoms with Crippen LogP contribution in [0.3, 0.4) is 0 Å². The number of nitrogens with zero attached hydrogens (tertiary/aromatic N) is 3. The van der Waals surface area contributed by atoms with Gasteiger partial charge in [0.25, 0.3) is 23.6 Å². The number of aromatic nitrogens is 1. The maximum absolute atomic E-state index is 15.3. The molecule has 2 amide bonds. The number of likely N-dealkylation sites (tertiary alicyclic amines) is 1. The number of anilines is 2. The van der Waals surface area contributed by atoms with Crippen molar-refractivity contribution in [2.45, 2.75) is 12.5 Å². The highest BCUT2D eigenvalue weighted by molar-refractivity contribution is 7.80. The van der Waals surface area contributed by atoms with Crippen molar-refractivity contribution in [3.8, 4) is 0 Å². The second kappa shape index (κ2) is 9.99. The second-order valence-electron chi connectivity index (χ2n) is 7.53. The van der Waals surface area contributed by atoms with Crippen LogP contribution in [0.15, 0.2) is 24.4 Å². The Morgan fingerprint density at radius 3 is 2.53 bits per heavy atom. The molecule has 0 radical (unpaired) electrons. The van der Waals surface area contributed by atoms with Gasteiger partial charge in [-0.05, 0) is 18.2 Å². The van der Waals surface area contributed by atoms with Gasteiger partial charge in [-0.3, -0.25) is 13.7 Å². The highest BCUT2D eigenvalue weighted by Crippen LogP contribution is 2.33. The Labute approximate surface area is 192 Å². The van der Waals surface area contributed by atoms with Crippen molar-refractivity contribution in [1.82, 2.24) is 9.47 Å². The average molecular weight is 508 g/mol. The van der Waals surface area contributed by atoms with E-state index < -0.39 is 76.8 Å². The zero-order chi connectivity index (χ0) is 25.3. The molecule has 2 heterocycles. The topological polar surface area (TPSA) is 135 Å². The van der Waals surface area contributed by atoms with Crippen LogP contribution in [0, 0.1) is 17.6 Å². The number of rotatable bonds is 7. The third kappa shape index (κ3) is 4.85. The number of nitrogens with one attached hydrogen (secondary N) is 1. The molecular formula is C19H20F4N4O6S. The van der Waals surface area contributed by atoms with Gasteiger partial charge in [-0.15, -0.1) is 0 Å². The van der Waals surface area contributed by atoms with Gasteiger partial charge in [-0.2, -0.15) is 0 Å². The minimum absolute atomic E-state index is 0.164. The van der Waals surface area contributed by atoms with Gasteiger partial charge in [0.1, 0.15) is 17.2 Å². The number of hydrogen-bond acceptors (Lipinski definition) is 4. The van der Waals surface area contributed by atoms with E-state index in [0.29, 0.717) is 16.4 Å². The molecule has 4 N–H and O–H groups in total. The van der Waals surface area contributed by atoms with E-state index in [1.807, 2.05) is 0 Å². The van der Waals surface area contributed by atoms with E-state index in [4.69, 9.17) is 0 Å². The van der Waals surface area contributed by atoms with Crippen LogP contribution >= 0.6 is 0 Å².